The van der Waals surface area contributed by atoms with Crippen molar-refractivity contribution in [1.29, 1.82) is 0 Å². The topological polar surface area (TPSA) is 141 Å². The molecule has 4 rings (SSSR count). The molecule has 0 radical (unpaired) electrons. The SMILES string of the molecule is COc1ccc(C(F)(F)F)cc1NC(=O)CN1C(=O)S/C(=C\c2ccc(-c3ccc([N+](=O)[O-])cc3OC)o2)C1=O. The van der Waals surface area contributed by atoms with Crippen LogP contribution in [0.2, 0.25) is 0 Å². The third-order valence-corrected chi connectivity index (χ3v) is 6.45. The first-order valence-corrected chi connectivity index (χ1v) is 12.0. The first-order valence-electron chi connectivity index (χ1n) is 11.1. The fourth-order valence-electron chi connectivity index (χ4n) is 3.65. The van der Waals surface area contributed by atoms with Crippen LogP contribution in [0.3, 0.4) is 0 Å². The minimum absolute atomic E-state index is 0.0475. The predicted octanol–water partition coefficient (Wildman–Crippen LogP) is 5.57. The van der Waals surface area contributed by atoms with E-state index in [1.807, 2.05) is 0 Å². The third-order valence-electron chi connectivity index (χ3n) is 5.54. The van der Waals surface area contributed by atoms with Gasteiger partial charge in [0, 0.05) is 12.1 Å². The van der Waals surface area contributed by atoms with E-state index < -0.39 is 40.3 Å². The van der Waals surface area contributed by atoms with E-state index in [1.165, 1.54) is 50.6 Å². The highest BCUT2D eigenvalue weighted by Crippen LogP contribution is 2.37. The molecule has 1 aliphatic rings. The van der Waals surface area contributed by atoms with Crippen LogP contribution in [0.4, 0.5) is 29.3 Å². The largest absolute Gasteiger partial charge is 0.496 e. The number of imide groups is 1. The van der Waals surface area contributed by atoms with Gasteiger partial charge in [0.05, 0.1) is 46.9 Å². The number of halogens is 3. The Kier molecular flexibility index (Phi) is 7.86. The molecule has 2 aromatic carbocycles. The van der Waals surface area contributed by atoms with Crippen LogP contribution in [0.1, 0.15) is 11.3 Å². The number of anilines is 1. The van der Waals surface area contributed by atoms with Crippen molar-refractivity contribution in [1.82, 2.24) is 4.90 Å². The maximum atomic E-state index is 13.1. The van der Waals surface area contributed by atoms with Gasteiger partial charge in [0.25, 0.3) is 16.8 Å². The zero-order chi connectivity index (χ0) is 29.2. The molecule has 3 amide bonds. The number of nitro groups is 1. The molecule has 0 unspecified atom stereocenters. The number of rotatable bonds is 8. The number of hydrogen-bond acceptors (Lipinski definition) is 9. The van der Waals surface area contributed by atoms with Gasteiger partial charge in [-0.15, -0.1) is 0 Å². The number of carbonyl (C=O) groups excluding carboxylic acids is 3. The number of non-ortho nitro benzene ring substituents is 1. The van der Waals surface area contributed by atoms with Gasteiger partial charge in [0.1, 0.15) is 29.6 Å². The molecule has 0 spiro atoms. The molecule has 0 aliphatic carbocycles. The first kappa shape index (κ1) is 28.2. The Morgan fingerprint density at radius 3 is 2.48 bits per heavy atom. The summed E-state index contributed by atoms with van der Waals surface area (Å²) in [6.07, 6.45) is -3.39. The fourth-order valence-corrected chi connectivity index (χ4v) is 4.47. The van der Waals surface area contributed by atoms with Crippen molar-refractivity contribution in [3.05, 3.63) is 74.9 Å². The van der Waals surface area contributed by atoms with Gasteiger partial charge in [0.2, 0.25) is 5.91 Å². The summed E-state index contributed by atoms with van der Waals surface area (Å²) in [6.45, 7) is -0.759. The number of furan rings is 1. The molecular weight excluding hydrogens is 559 g/mol. The highest BCUT2D eigenvalue weighted by atomic mass is 32.2. The zero-order valence-electron chi connectivity index (χ0n) is 20.6. The normalized spacial score (nSPS) is 14.5. The fraction of sp³-hybridized carbons (Fsp3) is 0.160. The molecule has 1 saturated heterocycles. The summed E-state index contributed by atoms with van der Waals surface area (Å²) in [7, 11) is 2.54. The van der Waals surface area contributed by atoms with E-state index >= 15 is 0 Å². The van der Waals surface area contributed by atoms with E-state index in [9.17, 15) is 37.7 Å². The Bertz CT molecular complexity index is 1550. The summed E-state index contributed by atoms with van der Waals surface area (Å²) in [4.78, 5) is 48.8. The van der Waals surface area contributed by atoms with E-state index in [1.54, 1.807) is 0 Å². The standard InChI is InChI=1S/C25H18F3N3O8S/c1-37-19-7-3-13(25(26,27)28)9-17(19)29-22(32)12-30-23(33)21(40-24(30)34)11-15-5-8-18(39-15)16-6-4-14(31(35)36)10-20(16)38-2/h3-11H,12H2,1-2H3,(H,29,32)/b21-11-. The van der Waals surface area contributed by atoms with Gasteiger partial charge >= 0.3 is 6.18 Å². The molecule has 15 heteroatoms. The minimum Gasteiger partial charge on any atom is -0.496 e. The van der Waals surface area contributed by atoms with Gasteiger partial charge in [-0.25, -0.2) is 0 Å². The number of thioether (sulfide) groups is 1. The summed E-state index contributed by atoms with van der Waals surface area (Å²) < 4.78 is 55.1. The van der Waals surface area contributed by atoms with Crippen LogP contribution in [0, 0.1) is 10.1 Å². The Morgan fingerprint density at radius 2 is 1.82 bits per heavy atom. The van der Waals surface area contributed by atoms with Crippen molar-refractivity contribution in [3.8, 4) is 22.8 Å². The Labute approximate surface area is 227 Å². The lowest BCUT2D eigenvalue weighted by atomic mass is 10.1. The smallest absolute Gasteiger partial charge is 0.416 e. The van der Waals surface area contributed by atoms with Crippen LogP contribution in [-0.2, 0) is 15.8 Å². The second kappa shape index (κ2) is 11.1. The summed E-state index contributed by atoms with van der Waals surface area (Å²) >= 11 is 0.542. The molecule has 2 heterocycles. The molecule has 0 saturated carbocycles. The van der Waals surface area contributed by atoms with E-state index in [0.717, 1.165) is 12.1 Å². The van der Waals surface area contributed by atoms with Crippen LogP contribution < -0.4 is 14.8 Å². The Hall–Kier alpha value is -4.79. The van der Waals surface area contributed by atoms with E-state index in [4.69, 9.17) is 13.9 Å². The number of hydrogen-bond donors (Lipinski definition) is 1. The van der Waals surface area contributed by atoms with Crippen molar-refractivity contribution in [2.24, 2.45) is 0 Å². The van der Waals surface area contributed by atoms with Crippen LogP contribution in [0.5, 0.6) is 11.5 Å². The monoisotopic (exact) mass is 577 g/mol. The average molecular weight is 577 g/mol. The van der Waals surface area contributed by atoms with Gasteiger partial charge in [-0.2, -0.15) is 13.2 Å². The van der Waals surface area contributed by atoms with Gasteiger partial charge in [-0.1, -0.05) is 0 Å². The highest BCUT2D eigenvalue weighted by molar-refractivity contribution is 8.18. The molecule has 40 heavy (non-hydrogen) atoms. The van der Waals surface area contributed by atoms with Crippen LogP contribution in [0.15, 0.2) is 57.9 Å². The number of nitro benzene ring substituents is 1. The van der Waals surface area contributed by atoms with Crippen LogP contribution >= 0.6 is 11.8 Å². The number of methoxy groups -OCH3 is 2. The van der Waals surface area contributed by atoms with Crippen molar-refractivity contribution in [3.63, 3.8) is 0 Å². The highest BCUT2D eigenvalue weighted by Gasteiger charge is 2.37. The second-order valence-electron chi connectivity index (χ2n) is 8.07. The molecule has 0 atom stereocenters. The summed E-state index contributed by atoms with van der Waals surface area (Å²) in [5, 5.41) is 12.5. The molecular formula is C25H18F3N3O8S. The maximum Gasteiger partial charge on any atom is 0.416 e. The Morgan fingerprint density at radius 1 is 1.10 bits per heavy atom. The molecule has 1 N–H and O–H groups in total. The zero-order valence-corrected chi connectivity index (χ0v) is 21.4. The van der Waals surface area contributed by atoms with E-state index in [0.29, 0.717) is 28.3 Å². The summed E-state index contributed by atoms with van der Waals surface area (Å²) in [5.74, 6) is -1.17. The number of nitrogens with zero attached hydrogens (tertiary/aromatic N) is 2. The van der Waals surface area contributed by atoms with Gasteiger partial charge < -0.3 is 19.2 Å². The number of alkyl halides is 3. The van der Waals surface area contributed by atoms with Crippen molar-refractivity contribution in [2.75, 3.05) is 26.1 Å². The van der Waals surface area contributed by atoms with E-state index in [-0.39, 0.29) is 39.3 Å². The Balaban J connectivity index is 1.49. The lowest BCUT2D eigenvalue weighted by Gasteiger charge is -2.16. The maximum absolute atomic E-state index is 13.1. The summed E-state index contributed by atoms with van der Waals surface area (Å²) in [6, 6.07) is 9.46. The molecule has 1 fully saturated rings. The van der Waals surface area contributed by atoms with E-state index in [2.05, 4.69) is 5.32 Å². The predicted molar refractivity (Wildman–Crippen MR) is 137 cm³/mol. The number of benzene rings is 2. The molecule has 3 aromatic rings. The molecule has 1 aliphatic heterocycles. The third kappa shape index (κ3) is 5.93. The van der Waals surface area contributed by atoms with Gasteiger partial charge in [0.15, 0.2) is 0 Å². The average Bonchev–Trinajstić information content (AvgIpc) is 3.47. The van der Waals surface area contributed by atoms with Gasteiger partial charge in [-0.3, -0.25) is 29.4 Å². The lowest BCUT2D eigenvalue weighted by molar-refractivity contribution is -0.384. The number of nitrogens with one attached hydrogen (secondary N) is 1. The second-order valence-corrected chi connectivity index (χ2v) is 9.07. The first-order chi connectivity index (χ1) is 18.9. The number of amides is 3. The van der Waals surface area contributed by atoms with Crippen molar-refractivity contribution < 1.29 is 46.4 Å². The van der Waals surface area contributed by atoms with Crippen LogP contribution in [-0.4, -0.2) is 47.6 Å². The molecule has 1 aromatic heterocycles. The quantitative estimate of drug-likeness (QED) is 0.207. The summed E-state index contributed by atoms with van der Waals surface area (Å²) in [5.41, 5.74) is -1.09. The minimum atomic E-state index is -4.67. The molecule has 208 valence electrons. The van der Waals surface area contributed by atoms with Crippen LogP contribution in [0.25, 0.3) is 17.4 Å². The van der Waals surface area contributed by atoms with Crippen molar-refractivity contribution >= 4 is 46.3 Å². The van der Waals surface area contributed by atoms with Gasteiger partial charge in [-0.05, 0) is 48.2 Å². The van der Waals surface area contributed by atoms with Crippen molar-refractivity contribution in [2.45, 2.75) is 6.18 Å². The molecule has 0 bridgehead atoms. The molecule has 11 nitrogen and oxygen atoms in total. The number of carbonyl (C=O) groups is 3. The number of ether oxygens (including phenoxy) is 2. The lowest BCUT2D eigenvalue weighted by Crippen LogP contribution is -2.36.